The van der Waals surface area contributed by atoms with E-state index >= 15 is 0 Å². The van der Waals surface area contributed by atoms with Gasteiger partial charge in [0.05, 0.1) is 19.8 Å². The minimum absolute atomic E-state index is 0.0280. The average molecular weight is 251 g/mol. The van der Waals surface area contributed by atoms with E-state index < -0.39 is 0 Å². The molecule has 1 aromatic rings. The van der Waals surface area contributed by atoms with Gasteiger partial charge in [-0.3, -0.25) is 10.4 Å². The van der Waals surface area contributed by atoms with Crippen LogP contribution < -0.4 is 5.73 Å². The standard InChI is InChI=1S/C13H21N3O2/c1-2-3-6-17-7-8-18-10-11-4-5-16-12(9-11)13(14)15/h4-5,9H,2-3,6-8,10H2,1H3,(H3,14,15). The Morgan fingerprint density at radius 2 is 2.11 bits per heavy atom. The number of nitrogens with one attached hydrogen (secondary N) is 1. The number of hydrogen-bond donors (Lipinski definition) is 2. The second-order valence-corrected chi connectivity index (χ2v) is 3.98. The first-order valence-electron chi connectivity index (χ1n) is 6.19. The van der Waals surface area contributed by atoms with E-state index in [0.29, 0.717) is 25.5 Å². The van der Waals surface area contributed by atoms with Crippen LogP contribution in [0.3, 0.4) is 0 Å². The van der Waals surface area contributed by atoms with E-state index in [0.717, 1.165) is 25.0 Å². The Labute approximate surface area is 108 Å². The molecule has 0 spiro atoms. The largest absolute Gasteiger partial charge is 0.382 e. The number of aromatic nitrogens is 1. The van der Waals surface area contributed by atoms with Crippen molar-refractivity contribution in [2.24, 2.45) is 5.73 Å². The van der Waals surface area contributed by atoms with Crippen LogP contribution in [0.25, 0.3) is 0 Å². The van der Waals surface area contributed by atoms with Crippen LogP contribution in [0, 0.1) is 5.41 Å². The molecule has 0 unspecified atom stereocenters. The lowest BCUT2D eigenvalue weighted by atomic mass is 10.2. The summed E-state index contributed by atoms with van der Waals surface area (Å²) in [5, 5.41) is 7.29. The van der Waals surface area contributed by atoms with Gasteiger partial charge in [0.2, 0.25) is 0 Å². The van der Waals surface area contributed by atoms with Crippen molar-refractivity contribution < 1.29 is 9.47 Å². The van der Waals surface area contributed by atoms with Crippen molar-refractivity contribution in [2.75, 3.05) is 19.8 Å². The Balaban J connectivity index is 2.19. The molecule has 1 aromatic heterocycles. The lowest BCUT2D eigenvalue weighted by Crippen LogP contribution is -2.13. The van der Waals surface area contributed by atoms with Gasteiger partial charge in [0, 0.05) is 12.8 Å². The number of pyridine rings is 1. The molecule has 3 N–H and O–H groups in total. The number of nitrogens with two attached hydrogens (primary N) is 1. The molecule has 0 aromatic carbocycles. The van der Waals surface area contributed by atoms with Crippen LogP contribution in [0.1, 0.15) is 31.0 Å². The van der Waals surface area contributed by atoms with Crippen molar-refractivity contribution in [2.45, 2.75) is 26.4 Å². The zero-order chi connectivity index (χ0) is 13.2. The normalized spacial score (nSPS) is 10.5. The summed E-state index contributed by atoms with van der Waals surface area (Å²) >= 11 is 0. The minimum atomic E-state index is -0.0280. The molecule has 0 atom stereocenters. The summed E-state index contributed by atoms with van der Waals surface area (Å²) in [6.45, 7) is 4.60. The van der Waals surface area contributed by atoms with E-state index in [1.54, 1.807) is 12.3 Å². The molecule has 0 fully saturated rings. The first-order chi connectivity index (χ1) is 8.74. The van der Waals surface area contributed by atoms with Gasteiger partial charge in [-0.05, 0) is 24.1 Å². The highest BCUT2D eigenvalue weighted by Crippen LogP contribution is 2.03. The van der Waals surface area contributed by atoms with Crippen LogP contribution >= 0.6 is 0 Å². The molecule has 0 radical (unpaired) electrons. The Morgan fingerprint density at radius 1 is 1.33 bits per heavy atom. The fourth-order valence-electron chi connectivity index (χ4n) is 1.37. The predicted octanol–water partition coefficient (Wildman–Crippen LogP) is 1.70. The molecule has 1 heterocycles. The number of amidine groups is 1. The molecule has 0 aliphatic heterocycles. The maximum absolute atomic E-state index is 7.29. The second kappa shape index (κ2) is 8.60. The van der Waals surface area contributed by atoms with Crippen LogP contribution in [-0.2, 0) is 16.1 Å². The van der Waals surface area contributed by atoms with Crippen molar-refractivity contribution >= 4 is 5.84 Å². The van der Waals surface area contributed by atoms with Gasteiger partial charge in [-0.25, -0.2) is 0 Å². The summed E-state index contributed by atoms with van der Waals surface area (Å²) < 4.78 is 10.9. The fourth-order valence-corrected chi connectivity index (χ4v) is 1.37. The van der Waals surface area contributed by atoms with Crippen LogP contribution in [0.4, 0.5) is 0 Å². The Hall–Kier alpha value is -1.46. The van der Waals surface area contributed by atoms with E-state index in [4.69, 9.17) is 20.6 Å². The summed E-state index contributed by atoms with van der Waals surface area (Å²) in [5.41, 5.74) is 6.81. The van der Waals surface area contributed by atoms with E-state index in [1.165, 1.54) is 0 Å². The highest BCUT2D eigenvalue weighted by molar-refractivity contribution is 5.93. The van der Waals surface area contributed by atoms with Crippen molar-refractivity contribution in [1.29, 1.82) is 5.41 Å². The summed E-state index contributed by atoms with van der Waals surface area (Å²) in [7, 11) is 0. The van der Waals surface area contributed by atoms with Gasteiger partial charge in [0.1, 0.15) is 11.5 Å². The molecular weight excluding hydrogens is 230 g/mol. The first-order valence-corrected chi connectivity index (χ1v) is 6.19. The number of nitrogens with zero attached hydrogens (tertiary/aromatic N) is 1. The second-order valence-electron chi connectivity index (χ2n) is 3.98. The average Bonchev–Trinajstić information content (AvgIpc) is 2.38. The fraction of sp³-hybridized carbons (Fsp3) is 0.538. The Kier molecular flexibility index (Phi) is 6.98. The topological polar surface area (TPSA) is 81.2 Å². The number of unbranched alkanes of at least 4 members (excludes halogenated alkanes) is 1. The lowest BCUT2D eigenvalue weighted by Gasteiger charge is -2.06. The molecule has 0 aliphatic rings. The maximum Gasteiger partial charge on any atom is 0.141 e. The third kappa shape index (κ3) is 5.75. The van der Waals surface area contributed by atoms with Crippen LogP contribution in [0.15, 0.2) is 18.3 Å². The van der Waals surface area contributed by atoms with Gasteiger partial charge in [-0.2, -0.15) is 0 Å². The third-order valence-electron chi connectivity index (χ3n) is 2.38. The van der Waals surface area contributed by atoms with E-state index in [-0.39, 0.29) is 5.84 Å². The molecule has 5 heteroatoms. The van der Waals surface area contributed by atoms with Crippen LogP contribution in [0.5, 0.6) is 0 Å². The number of rotatable bonds is 9. The van der Waals surface area contributed by atoms with E-state index in [1.807, 2.05) is 6.07 Å². The number of hydrogen-bond acceptors (Lipinski definition) is 4. The highest BCUT2D eigenvalue weighted by atomic mass is 16.5. The molecule has 0 bridgehead atoms. The molecule has 0 aliphatic carbocycles. The molecule has 0 saturated carbocycles. The van der Waals surface area contributed by atoms with E-state index in [2.05, 4.69) is 11.9 Å². The van der Waals surface area contributed by atoms with Gasteiger partial charge >= 0.3 is 0 Å². The monoisotopic (exact) mass is 251 g/mol. The van der Waals surface area contributed by atoms with Gasteiger partial charge in [-0.15, -0.1) is 0 Å². The third-order valence-corrected chi connectivity index (χ3v) is 2.38. The molecular formula is C13H21N3O2. The summed E-state index contributed by atoms with van der Waals surface area (Å²) in [6.07, 6.45) is 3.87. The van der Waals surface area contributed by atoms with Crippen molar-refractivity contribution in [3.05, 3.63) is 29.6 Å². The molecule has 100 valence electrons. The first kappa shape index (κ1) is 14.6. The van der Waals surface area contributed by atoms with Crippen LogP contribution in [-0.4, -0.2) is 30.6 Å². The smallest absolute Gasteiger partial charge is 0.141 e. The van der Waals surface area contributed by atoms with Gasteiger partial charge in [0.25, 0.3) is 0 Å². The Bertz CT molecular complexity index is 369. The molecule has 0 amide bonds. The van der Waals surface area contributed by atoms with Gasteiger partial charge in [-0.1, -0.05) is 13.3 Å². The predicted molar refractivity (Wildman–Crippen MR) is 70.6 cm³/mol. The lowest BCUT2D eigenvalue weighted by molar-refractivity contribution is 0.0396. The van der Waals surface area contributed by atoms with Gasteiger partial charge < -0.3 is 15.2 Å². The minimum Gasteiger partial charge on any atom is -0.382 e. The van der Waals surface area contributed by atoms with E-state index in [9.17, 15) is 0 Å². The molecule has 5 nitrogen and oxygen atoms in total. The van der Waals surface area contributed by atoms with Crippen molar-refractivity contribution in [3.63, 3.8) is 0 Å². The summed E-state index contributed by atoms with van der Waals surface area (Å²) in [4.78, 5) is 3.99. The Morgan fingerprint density at radius 3 is 2.83 bits per heavy atom. The van der Waals surface area contributed by atoms with Crippen molar-refractivity contribution in [1.82, 2.24) is 4.98 Å². The number of nitrogen functional groups attached to an aromatic ring is 1. The zero-order valence-electron chi connectivity index (χ0n) is 10.8. The molecule has 0 saturated heterocycles. The van der Waals surface area contributed by atoms with Gasteiger partial charge in [0.15, 0.2) is 0 Å². The SMILES string of the molecule is CCCCOCCOCc1ccnc(C(=N)N)c1. The summed E-state index contributed by atoms with van der Waals surface area (Å²) in [6, 6.07) is 3.62. The zero-order valence-corrected chi connectivity index (χ0v) is 10.8. The quantitative estimate of drug-likeness (QED) is 0.397. The van der Waals surface area contributed by atoms with Crippen molar-refractivity contribution in [3.8, 4) is 0 Å². The number of ether oxygens (including phenoxy) is 2. The maximum atomic E-state index is 7.29. The molecule has 1 rings (SSSR count). The highest BCUT2D eigenvalue weighted by Gasteiger charge is 2.00. The summed E-state index contributed by atoms with van der Waals surface area (Å²) in [5.74, 6) is -0.0280. The van der Waals surface area contributed by atoms with Crippen LogP contribution in [0.2, 0.25) is 0 Å². The molecule has 18 heavy (non-hydrogen) atoms.